The van der Waals surface area contributed by atoms with Crippen molar-refractivity contribution in [3.8, 4) is 5.75 Å². The first-order valence-electron chi connectivity index (χ1n) is 8.85. The van der Waals surface area contributed by atoms with E-state index in [1.54, 1.807) is 14.2 Å². The van der Waals surface area contributed by atoms with Gasteiger partial charge in [-0.05, 0) is 23.8 Å². The van der Waals surface area contributed by atoms with E-state index in [9.17, 15) is 0 Å². The molecular formula is C21H27IN4O. The molecule has 0 atom stereocenters. The Morgan fingerprint density at radius 1 is 1.04 bits per heavy atom. The predicted molar refractivity (Wildman–Crippen MR) is 123 cm³/mol. The summed E-state index contributed by atoms with van der Waals surface area (Å²) < 4.78 is 5.39. The van der Waals surface area contributed by atoms with E-state index in [2.05, 4.69) is 56.9 Å². The first-order chi connectivity index (χ1) is 12.8. The third-order valence-electron chi connectivity index (χ3n) is 4.42. The number of nitrogens with one attached hydrogen (secondary N) is 2. The van der Waals surface area contributed by atoms with Gasteiger partial charge in [-0.2, -0.15) is 0 Å². The van der Waals surface area contributed by atoms with Gasteiger partial charge in [0.15, 0.2) is 5.96 Å². The minimum atomic E-state index is 0. The molecule has 1 heterocycles. The molecule has 1 aliphatic heterocycles. The van der Waals surface area contributed by atoms with Crippen LogP contribution in [0.4, 0.5) is 5.69 Å². The lowest BCUT2D eigenvalue weighted by atomic mass is 10.2. The van der Waals surface area contributed by atoms with Crippen molar-refractivity contribution in [2.45, 2.75) is 13.1 Å². The van der Waals surface area contributed by atoms with Gasteiger partial charge in [-0.3, -0.25) is 4.99 Å². The van der Waals surface area contributed by atoms with E-state index in [0.717, 1.165) is 36.9 Å². The topological polar surface area (TPSA) is 48.9 Å². The van der Waals surface area contributed by atoms with Gasteiger partial charge in [0, 0.05) is 44.5 Å². The average Bonchev–Trinajstić information content (AvgIpc) is 3.23. The fraction of sp³-hybridized carbons (Fsp3) is 0.286. The number of ether oxygens (including phenoxy) is 1. The molecule has 1 aliphatic rings. The summed E-state index contributed by atoms with van der Waals surface area (Å²) in [4.78, 5) is 6.65. The number of para-hydroxylation sites is 1. The zero-order valence-electron chi connectivity index (χ0n) is 15.8. The van der Waals surface area contributed by atoms with Crippen molar-refractivity contribution < 1.29 is 4.74 Å². The van der Waals surface area contributed by atoms with Gasteiger partial charge in [0.2, 0.25) is 0 Å². The third-order valence-corrected chi connectivity index (χ3v) is 4.42. The number of hydrogen-bond acceptors (Lipinski definition) is 3. The quantitative estimate of drug-likeness (QED) is 0.289. The Bertz CT molecular complexity index is 783. The zero-order chi connectivity index (χ0) is 18.2. The number of methoxy groups -OCH3 is 1. The highest BCUT2D eigenvalue weighted by Gasteiger charge is 2.08. The highest BCUT2D eigenvalue weighted by Crippen LogP contribution is 2.18. The molecule has 0 unspecified atom stereocenters. The van der Waals surface area contributed by atoms with Crippen molar-refractivity contribution in [3.63, 3.8) is 0 Å². The van der Waals surface area contributed by atoms with E-state index in [0.29, 0.717) is 6.54 Å². The van der Waals surface area contributed by atoms with Crippen LogP contribution in [0.1, 0.15) is 11.1 Å². The molecule has 3 rings (SSSR count). The molecule has 0 saturated heterocycles. The molecule has 0 fully saturated rings. The molecule has 0 saturated carbocycles. The van der Waals surface area contributed by atoms with Crippen LogP contribution >= 0.6 is 24.0 Å². The Morgan fingerprint density at radius 3 is 2.52 bits per heavy atom. The number of guanidine groups is 1. The van der Waals surface area contributed by atoms with Gasteiger partial charge < -0.3 is 20.3 Å². The van der Waals surface area contributed by atoms with Gasteiger partial charge in [0.05, 0.1) is 7.11 Å². The lowest BCUT2D eigenvalue weighted by Gasteiger charge is -2.19. The van der Waals surface area contributed by atoms with E-state index in [1.807, 2.05) is 24.3 Å². The molecule has 2 N–H and O–H groups in total. The maximum atomic E-state index is 5.39. The molecule has 0 amide bonds. The van der Waals surface area contributed by atoms with Gasteiger partial charge >= 0.3 is 0 Å². The standard InChI is InChI=1S/C21H26N4O.HI/c1-22-21(24-16-18-9-3-4-11-20(18)26-2)23-15-17-8-7-10-19(14-17)25-12-5-6-13-25;/h3-11,14H,12-13,15-16H2,1-2H3,(H2,22,23,24);1H. The van der Waals surface area contributed by atoms with Gasteiger partial charge in [-0.1, -0.05) is 42.5 Å². The first-order valence-corrected chi connectivity index (χ1v) is 8.85. The predicted octanol–water partition coefficient (Wildman–Crippen LogP) is 3.55. The third kappa shape index (κ3) is 5.89. The minimum Gasteiger partial charge on any atom is -0.496 e. The molecular weight excluding hydrogens is 451 g/mol. The smallest absolute Gasteiger partial charge is 0.191 e. The number of nitrogens with zero attached hydrogens (tertiary/aromatic N) is 2. The summed E-state index contributed by atoms with van der Waals surface area (Å²) >= 11 is 0. The van der Waals surface area contributed by atoms with Gasteiger partial charge in [0.25, 0.3) is 0 Å². The molecule has 2 aromatic carbocycles. The second-order valence-electron chi connectivity index (χ2n) is 6.14. The Labute approximate surface area is 178 Å². The summed E-state index contributed by atoms with van der Waals surface area (Å²) in [7, 11) is 3.47. The highest BCUT2D eigenvalue weighted by atomic mass is 127. The number of rotatable bonds is 6. The summed E-state index contributed by atoms with van der Waals surface area (Å²) in [5, 5.41) is 6.71. The summed E-state index contributed by atoms with van der Waals surface area (Å²) in [5.74, 6) is 1.64. The van der Waals surface area contributed by atoms with Gasteiger partial charge in [-0.15, -0.1) is 24.0 Å². The van der Waals surface area contributed by atoms with Gasteiger partial charge in [-0.25, -0.2) is 0 Å². The normalized spacial score (nSPS) is 13.3. The van der Waals surface area contributed by atoms with Crippen LogP contribution in [0.2, 0.25) is 0 Å². The molecule has 6 heteroatoms. The van der Waals surface area contributed by atoms with E-state index >= 15 is 0 Å². The van der Waals surface area contributed by atoms with E-state index in [1.165, 1.54) is 11.3 Å². The number of halogens is 1. The molecule has 0 aliphatic carbocycles. The summed E-state index contributed by atoms with van der Waals surface area (Å²) in [6.45, 7) is 3.35. The Hall–Kier alpha value is -2.22. The first kappa shape index (κ1) is 21.1. The number of hydrogen-bond donors (Lipinski definition) is 2. The Kier molecular flexibility index (Phi) is 8.44. The van der Waals surface area contributed by atoms with Crippen molar-refractivity contribution in [2.75, 3.05) is 32.1 Å². The van der Waals surface area contributed by atoms with E-state index < -0.39 is 0 Å². The molecule has 0 bridgehead atoms. The molecule has 2 aromatic rings. The average molecular weight is 478 g/mol. The van der Waals surface area contributed by atoms with Crippen LogP contribution in [0.15, 0.2) is 65.7 Å². The second-order valence-corrected chi connectivity index (χ2v) is 6.14. The minimum absolute atomic E-state index is 0. The monoisotopic (exact) mass is 478 g/mol. The molecule has 0 radical (unpaired) electrons. The van der Waals surface area contributed by atoms with Crippen molar-refractivity contribution in [1.82, 2.24) is 10.6 Å². The molecule has 5 nitrogen and oxygen atoms in total. The van der Waals surface area contributed by atoms with Crippen LogP contribution < -0.4 is 20.3 Å². The molecule has 144 valence electrons. The number of anilines is 1. The van der Waals surface area contributed by atoms with Crippen LogP contribution in [-0.4, -0.2) is 33.2 Å². The number of benzene rings is 2. The Balaban J connectivity index is 0.00000261. The van der Waals surface area contributed by atoms with Crippen LogP contribution in [0.3, 0.4) is 0 Å². The van der Waals surface area contributed by atoms with Crippen LogP contribution in [-0.2, 0) is 13.1 Å². The summed E-state index contributed by atoms with van der Waals surface area (Å²) in [5.41, 5.74) is 3.59. The summed E-state index contributed by atoms with van der Waals surface area (Å²) in [6, 6.07) is 16.6. The SMILES string of the molecule is CN=C(NCc1cccc(N2CC=CC2)c1)NCc1ccccc1OC.I. The fourth-order valence-corrected chi connectivity index (χ4v) is 2.99. The van der Waals surface area contributed by atoms with Crippen molar-refractivity contribution in [3.05, 3.63) is 71.8 Å². The van der Waals surface area contributed by atoms with Crippen molar-refractivity contribution in [1.29, 1.82) is 0 Å². The maximum absolute atomic E-state index is 5.39. The molecule has 0 aromatic heterocycles. The molecule has 0 spiro atoms. The van der Waals surface area contributed by atoms with Crippen LogP contribution in [0.5, 0.6) is 5.75 Å². The van der Waals surface area contributed by atoms with Crippen molar-refractivity contribution in [2.24, 2.45) is 4.99 Å². The summed E-state index contributed by atoms with van der Waals surface area (Å²) in [6.07, 6.45) is 4.41. The lowest BCUT2D eigenvalue weighted by molar-refractivity contribution is 0.409. The van der Waals surface area contributed by atoms with E-state index in [4.69, 9.17) is 4.74 Å². The Morgan fingerprint density at radius 2 is 1.78 bits per heavy atom. The fourth-order valence-electron chi connectivity index (χ4n) is 2.99. The maximum Gasteiger partial charge on any atom is 0.191 e. The number of aliphatic imine (C=N–C) groups is 1. The molecule has 27 heavy (non-hydrogen) atoms. The van der Waals surface area contributed by atoms with Crippen molar-refractivity contribution >= 4 is 35.6 Å². The van der Waals surface area contributed by atoms with Crippen LogP contribution in [0, 0.1) is 0 Å². The largest absolute Gasteiger partial charge is 0.496 e. The van der Waals surface area contributed by atoms with Crippen LogP contribution in [0.25, 0.3) is 0 Å². The zero-order valence-corrected chi connectivity index (χ0v) is 18.1. The highest BCUT2D eigenvalue weighted by molar-refractivity contribution is 14.0. The van der Waals surface area contributed by atoms with E-state index in [-0.39, 0.29) is 24.0 Å². The lowest BCUT2D eigenvalue weighted by Crippen LogP contribution is -2.36. The second kappa shape index (κ2) is 10.8. The van der Waals surface area contributed by atoms with Gasteiger partial charge in [0.1, 0.15) is 5.75 Å².